The molecular weight excluding hydrogens is 466 g/mol. The summed E-state index contributed by atoms with van der Waals surface area (Å²) in [6.45, 7) is 3.76. The monoisotopic (exact) mass is 503 g/mol. The standard InChI is InChI=1S/C35H37NO2/c1-5-13-29(14-6-1)27-36-25-23-34(24-26-36)22-21-33(38-34)28-37-35(30-15-7-2-8-16-30,31-17-9-3-10-18-31)32-19-11-4-12-20-32/h1-20,33H,21-28H2/t33-/m1/s1. The summed E-state index contributed by atoms with van der Waals surface area (Å²) < 4.78 is 13.9. The van der Waals surface area contributed by atoms with E-state index in [2.05, 4.69) is 126 Å². The Morgan fingerprint density at radius 1 is 0.658 bits per heavy atom. The smallest absolute Gasteiger partial charge is 0.143 e. The second-order valence-corrected chi connectivity index (χ2v) is 10.8. The first-order chi connectivity index (χ1) is 18.8. The first-order valence-corrected chi connectivity index (χ1v) is 14.0. The Balaban J connectivity index is 1.19. The van der Waals surface area contributed by atoms with Crippen LogP contribution in [-0.2, 0) is 21.6 Å². The molecule has 6 rings (SSSR count). The summed E-state index contributed by atoms with van der Waals surface area (Å²) in [4.78, 5) is 2.57. The number of likely N-dealkylation sites (tertiary alicyclic amines) is 1. The van der Waals surface area contributed by atoms with Gasteiger partial charge in [-0.1, -0.05) is 121 Å². The highest BCUT2D eigenvalue weighted by molar-refractivity contribution is 5.47. The summed E-state index contributed by atoms with van der Waals surface area (Å²) in [5, 5.41) is 0. The van der Waals surface area contributed by atoms with E-state index in [0.29, 0.717) is 6.61 Å². The number of benzene rings is 4. The van der Waals surface area contributed by atoms with E-state index >= 15 is 0 Å². The molecule has 0 N–H and O–H groups in total. The maximum absolute atomic E-state index is 7.07. The van der Waals surface area contributed by atoms with Gasteiger partial charge in [0.2, 0.25) is 0 Å². The molecule has 38 heavy (non-hydrogen) atoms. The van der Waals surface area contributed by atoms with Gasteiger partial charge < -0.3 is 9.47 Å². The minimum absolute atomic E-state index is 0.00385. The van der Waals surface area contributed by atoms with Crippen LogP contribution in [-0.4, -0.2) is 36.3 Å². The van der Waals surface area contributed by atoms with Crippen LogP contribution in [0.2, 0.25) is 0 Å². The van der Waals surface area contributed by atoms with Gasteiger partial charge >= 0.3 is 0 Å². The normalized spacial score (nSPS) is 19.5. The summed E-state index contributed by atoms with van der Waals surface area (Å²) in [5.41, 5.74) is 4.11. The Bertz CT molecular complexity index is 1170. The number of hydrogen-bond donors (Lipinski definition) is 0. The van der Waals surface area contributed by atoms with Gasteiger partial charge in [-0.25, -0.2) is 0 Å². The molecule has 2 saturated heterocycles. The number of ether oxygens (including phenoxy) is 2. The van der Waals surface area contributed by atoms with Crippen molar-refractivity contribution in [2.24, 2.45) is 0 Å². The Labute approximate surface area is 227 Å². The lowest BCUT2D eigenvalue weighted by Crippen LogP contribution is -2.44. The second kappa shape index (κ2) is 11.2. The zero-order valence-corrected chi connectivity index (χ0v) is 22.0. The SMILES string of the molecule is c1ccc(CN2CCC3(CC[C@H](COC(c4ccccc4)(c4ccccc4)c4ccccc4)O3)CC2)cc1. The average Bonchev–Trinajstić information content (AvgIpc) is 3.39. The molecule has 4 aromatic rings. The molecule has 0 unspecified atom stereocenters. The largest absolute Gasteiger partial charge is 0.369 e. The molecule has 0 saturated carbocycles. The van der Waals surface area contributed by atoms with Crippen molar-refractivity contribution in [3.8, 4) is 0 Å². The van der Waals surface area contributed by atoms with Crippen LogP contribution in [0.15, 0.2) is 121 Å². The fourth-order valence-corrected chi connectivity index (χ4v) is 6.33. The average molecular weight is 504 g/mol. The molecule has 0 bridgehead atoms. The van der Waals surface area contributed by atoms with E-state index in [4.69, 9.17) is 9.47 Å². The predicted octanol–water partition coefficient (Wildman–Crippen LogP) is 7.21. The van der Waals surface area contributed by atoms with Crippen LogP contribution in [0.3, 0.4) is 0 Å². The summed E-state index contributed by atoms with van der Waals surface area (Å²) >= 11 is 0. The molecule has 2 fully saturated rings. The van der Waals surface area contributed by atoms with E-state index in [1.54, 1.807) is 0 Å². The highest BCUT2D eigenvalue weighted by Crippen LogP contribution is 2.43. The van der Waals surface area contributed by atoms with Crippen molar-refractivity contribution < 1.29 is 9.47 Å². The van der Waals surface area contributed by atoms with Crippen LogP contribution < -0.4 is 0 Å². The molecule has 0 radical (unpaired) electrons. The van der Waals surface area contributed by atoms with Crippen molar-refractivity contribution in [3.05, 3.63) is 144 Å². The summed E-state index contributed by atoms with van der Waals surface area (Å²) in [6.07, 6.45) is 4.46. The highest BCUT2D eigenvalue weighted by Gasteiger charge is 2.44. The van der Waals surface area contributed by atoms with Gasteiger partial charge in [0.15, 0.2) is 0 Å². The molecule has 0 aliphatic carbocycles. The number of hydrogen-bond acceptors (Lipinski definition) is 3. The molecule has 0 amide bonds. The number of piperidine rings is 1. The minimum atomic E-state index is -0.693. The van der Waals surface area contributed by atoms with Crippen molar-refractivity contribution in [2.75, 3.05) is 19.7 Å². The fraction of sp³-hybridized carbons (Fsp3) is 0.314. The Morgan fingerprint density at radius 3 is 1.63 bits per heavy atom. The van der Waals surface area contributed by atoms with Crippen LogP contribution >= 0.6 is 0 Å². The molecule has 194 valence electrons. The van der Waals surface area contributed by atoms with Crippen LogP contribution in [0.5, 0.6) is 0 Å². The molecule has 0 aromatic heterocycles. The number of rotatable bonds is 8. The van der Waals surface area contributed by atoms with Crippen LogP contribution in [0, 0.1) is 0 Å². The molecule has 1 spiro atoms. The summed E-state index contributed by atoms with van der Waals surface area (Å²) in [5.74, 6) is 0. The van der Waals surface area contributed by atoms with Gasteiger partial charge in [0.1, 0.15) is 5.60 Å². The van der Waals surface area contributed by atoms with Gasteiger partial charge in [0.25, 0.3) is 0 Å². The van der Waals surface area contributed by atoms with Crippen LogP contribution in [0.4, 0.5) is 0 Å². The lowest BCUT2D eigenvalue weighted by molar-refractivity contribution is -0.115. The van der Waals surface area contributed by atoms with E-state index in [1.807, 2.05) is 0 Å². The van der Waals surface area contributed by atoms with Crippen molar-refractivity contribution in [1.29, 1.82) is 0 Å². The van der Waals surface area contributed by atoms with Gasteiger partial charge in [-0.15, -0.1) is 0 Å². The molecule has 2 aliphatic heterocycles. The quantitative estimate of drug-likeness (QED) is 0.237. The van der Waals surface area contributed by atoms with E-state index in [0.717, 1.165) is 62.0 Å². The Hall–Kier alpha value is -3.24. The maximum atomic E-state index is 7.07. The molecule has 2 aliphatic rings. The fourth-order valence-electron chi connectivity index (χ4n) is 6.33. The summed E-state index contributed by atoms with van der Waals surface area (Å²) in [7, 11) is 0. The molecule has 2 heterocycles. The van der Waals surface area contributed by atoms with E-state index < -0.39 is 5.60 Å². The van der Waals surface area contributed by atoms with Crippen molar-refractivity contribution in [3.63, 3.8) is 0 Å². The van der Waals surface area contributed by atoms with Crippen LogP contribution in [0.25, 0.3) is 0 Å². The first-order valence-electron chi connectivity index (χ1n) is 14.0. The molecule has 4 aromatic carbocycles. The highest BCUT2D eigenvalue weighted by atomic mass is 16.6. The third-order valence-electron chi connectivity index (χ3n) is 8.38. The lowest BCUT2D eigenvalue weighted by Gasteiger charge is -2.40. The van der Waals surface area contributed by atoms with Crippen LogP contribution in [0.1, 0.15) is 47.9 Å². The molecule has 1 atom stereocenters. The second-order valence-electron chi connectivity index (χ2n) is 10.8. The third kappa shape index (κ3) is 5.19. The van der Waals surface area contributed by atoms with E-state index in [-0.39, 0.29) is 11.7 Å². The van der Waals surface area contributed by atoms with Crippen molar-refractivity contribution in [1.82, 2.24) is 4.90 Å². The molecular formula is C35H37NO2. The van der Waals surface area contributed by atoms with Crippen molar-refractivity contribution >= 4 is 0 Å². The van der Waals surface area contributed by atoms with Gasteiger partial charge in [-0.2, -0.15) is 0 Å². The van der Waals surface area contributed by atoms with Crippen molar-refractivity contribution in [2.45, 2.75) is 49.5 Å². The number of nitrogens with zero attached hydrogens (tertiary/aromatic N) is 1. The van der Waals surface area contributed by atoms with Gasteiger partial charge in [-0.05, 0) is 47.9 Å². The van der Waals surface area contributed by atoms with Gasteiger partial charge in [0, 0.05) is 19.6 Å². The third-order valence-corrected chi connectivity index (χ3v) is 8.38. The first kappa shape index (κ1) is 25.1. The van der Waals surface area contributed by atoms with Gasteiger partial charge in [0.05, 0.1) is 18.3 Å². The maximum Gasteiger partial charge on any atom is 0.143 e. The predicted molar refractivity (Wildman–Crippen MR) is 153 cm³/mol. The minimum Gasteiger partial charge on any atom is -0.369 e. The molecule has 3 heteroatoms. The lowest BCUT2D eigenvalue weighted by atomic mass is 9.80. The topological polar surface area (TPSA) is 21.7 Å². The van der Waals surface area contributed by atoms with E-state index in [1.165, 1.54) is 5.56 Å². The van der Waals surface area contributed by atoms with E-state index in [9.17, 15) is 0 Å². The van der Waals surface area contributed by atoms with Gasteiger partial charge in [-0.3, -0.25) is 4.90 Å². The summed E-state index contributed by atoms with van der Waals surface area (Å²) in [6, 6.07) is 42.7. The Morgan fingerprint density at radius 2 is 1.13 bits per heavy atom. The Kier molecular flexibility index (Phi) is 7.42. The zero-order chi connectivity index (χ0) is 25.7. The molecule has 3 nitrogen and oxygen atoms in total. The zero-order valence-electron chi connectivity index (χ0n) is 22.0.